The van der Waals surface area contributed by atoms with Crippen LogP contribution in [0.2, 0.25) is 0 Å². The Labute approximate surface area is 119 Å². The van der Waals surface area contributed by atoms with Gasteiger partial charge in [-0.3, -0.25) is 4.79 Å². The maximum atomic E-state index is 12.0. The third-order valence-corrected chi connectivity index (χ3v) is 4.20. The molecule has 0 spiro atoms. The molecular formula is C15H23N3O2. The molecule has 0 radical (unpaired) electrons. The first kappa shape index (κ1) is 13.6. The van der Waals surface area contributed by atoms with Crippen LogP contribution >= 0.6 is 0 Å². The first-order chi connectivity index (χ1) is 9.70. The number of aryl methyl sites for hydroxylation is 2. The fourth-order valence-electron chi connectivity index (χ4n) is 3.17. The smallest absolute Gasteiger partial charge is 0.220 e. The van der Waals surface area contributed by atoms with E-state index in [0.717, 1.165) is 56.8 Å². The van der Waals surface area contributed by atoms with Crippen LogP contribution in [-0.2, 0) is 22.5 Å². The zero-order valence-corrected chi connectivity index (χ0v) is 12.1. The molecule has 1 aromatic heterocycles. The Morgan fingerprint density at radius 1 is 1.55 bits per heavy atom. The summed E-state index contributed by atoms with van der Waals surface area (Å²) in [5, 5.41) is 3.15. The van der Waals surface area contributed by atoms with Gasteiger partial charge >= 0.3 is 0 Å². The number of rotatable bonds is 4. The van der Waals surface area contributed by atoms with E-state index >= 15 is 0 Å². The summed E-state index contributed by atoms with van der Waals surface area (Å²) in [5.74, 6) is 1.30. The summed E-state index contributed by atoms with van der Waals surface area (Å²) >= 11 is 0. The summed E-state index contributed by atoms with van der Waals surface area (Å²) in [6, 6.07) is 0.244. The number of imidazole rings is 1. The Morgan fingerprint density at radius 2 is 2.45 bits per heavy atom. The average Bonchev–Trinajstić information content (AvgIpc) is 3.04. The van der Waals surface area contributed by atoms with Gasteiger partial charge in [0.05, 0.1) is 11.8 Å². The summed E-state index contributed by atoms with van der Waals surface area (Å²) in [7, 11) is 0. The molecule has 0 bridgehead atoms. The number of hydrogen-bond acceptors (Lipinski definition) is 3. The largest absolute Gasteiger partial charge is 0.378 e. The molecule has 1 fully saturated rings. The highest BCUT2D eigenvalue weighted by molar-refractivity contribution is 5.76. The van der Waals surface area contributed by atoms with E-state index < -0.39 is 0 Å². The summed E-state index contributed by atoms with van der Waals surface area (Å²) in [6.45, 7) is 3.72. The molecule has 110 valence electrons. The molecule has 2 atom stereocenters. The molecule has 0 aliphatic carbocycles. The lowest BCUT2D eigenvalue weighted by atomic mass is 10.1. The highest BCUT2D eigenvalue weighted by atomic mass is 16.5. The monoisotopic (exact) mass is 277 g/mol. The van der Waals surface area contributed by atoms with Crippen LogP contribution in [0.3, 0.4) is 0 Å². The molecule has 5 heteroatoms. The van der Waals surface area contributed by atoms with Crippen molar-refractivity contribution in [1.29, 1.82) is 0 Å². The van der Waals surface area contributed by atoms with Crippen LogP contribution in [-0.4, -0.2) is 34.2 Å². The van der Waals surface area contributed by atoms with Crippen molar-refractivity contribution < 1.29 is 9.53 Å². The third kappa shape index (κ3) is 3.20. The molecule has 1 saturated heterocycles. The summed E-state index contributed by atoms with van der Waals surface area (Å²) in [5.41, 5.74) is 1.06. The topological polar surface area (TPSA) is 56.2 Å². The second-order valence-corrected chi connectivity index (χ2v) is 5.93. The van der Waals surface area contributed by atoms with Gasteiger partial charge in [-0.2, -0.15) is 0 Å². The molecule has 0 unspecified atom stereocenters. The van der Waals surface area contributed by atoms with Gasteiger partial charge in [0.2, 0.25) is 5.91 Å². The zero-order chi connectivity index (χ0) is 13.9. The van der Waals surface area contributed by atoms with Crippen molar-refractivity contribution in [3.05, 3.63) is 17.7 Å². The van der Waals surface area contributed by atoms with Gasteiger partial charge in [-0.05, 0) is 32.6 Å². The number of carbonyl (C=O) groups is 1. The molecule has 3 heterocycles. The fourth-order valence-corrected chi connectivity index (χ4v) is 3.17. The Hall–Kier alpha value is -1.36. The van der Waals surface area contributed by atoms with Crippen molar-refractivity contribution in [2.75, 3.05) is 6.61 Å². The van der Waals surface area contributed by atoms with Crippen molar-refractivity contribution in [3.8, 4) is 0 Å². The molecular weight excluding hydrogens is 254 g/mol. The van der Waals surface area contributed by atoms with Gasteiger partial charge in [-0.25, -0.2) is 4.98 Å². The molecule has 1 aromatic rings. The first-order valence-corrected chi connectivity index (χ1v) is 7.64. The number of amides is 1. The van der Waals surface area contributed by atoms with Crippen LogP contribution in [0, 0.1) is 6.92 Å². The van der Waals surface area contributed by atoms with Crippen molar-refractivity contribution in [2.45, 2.75) is 64.1 Å². The average molecular weight is 277 g/mol. The Kier molecular flexibility index (Phi) is 4.05. The van der Waals surface area contributed by atoms with Gasteiger partial charge in [0.1, 0.15) is 5.82 Å². The molecule has 0 aromatic carbocycles. The van der Waals surface area contributed by atoms with E-state index in [1.165, 1.54) is 0 Å². The molecule has 0 saturated carbocycles. The predicted octanol–water partition coefficient (Wildman–Crippen LogP) is 1.58. The van der Waals surface area contributed by atoms with Crippen LogP contribution < -0.4 is 5.32 Å². The maximum absolute atomic E-state index is 12.0. The van der Waals surface area contributed by atoms with Crippen molar-refractivity contribution >= 4 is 5.91 Å². The standard InChI is InChI=1S/C15H23N3O2/c1-11-9-18-10-12(4-6-14(18)16-11)17-15(19)7-5-13-3-2-8-20-13/h9,12-13H,2-8,10H2,1H3,(H,17,19)/t12-,13-/m0/s1. The highest BCUT2D eigenvalue weighted by Gasteiger charge is 2.22. The Balaban J connectivity index is 1.45. The predicted molar refractivity (Wildman–Crippen MR) is 75.4 cm³/mol. The minimum absolute atomic E-state index is 0.158. The quantitative estimate of drug-likeness (QED) is 0.909. The van der Waals surface area contributed by atoms with E-state index in [9.17, 15) is 4.79 Å². The van der Waals surface area contributed by atoms with Crippen LogP contribution in [0.25, 0.3) is 0 Å². The van der Waals surface area contributed by atoms with Gasteiger partial charge < -0.3 is 14.6 Å². The first-order valence-electron chi connectivity index (χ1n) is 7.64. The number of ether oxygens (including phenoxy) is 1. The number of nitrogens with zero attached hydrogens (tertiary/aromatic N) is 2. The Morgan fingerprint density at radius 3 is 3.25 bits per heavy atom. The van der Waals surface area contributed by atoms with Crippen molar-refractivity contribution in [3.63, 3.8) is 0 Å². The van der Waals surface area contributed by atoms with Crippen LogP contribution in [0.5, 0.6) is 0 Å². The number of aromatic nitrogens is 2. The maximum Gasteiger partial charge on any atom is 0.220 e. The minimum atomic E-state index is 0.158. The molecule has 2 aliphatic rings. The highest BCUT2D eigenvalue weighted by Crippen LogP contribution is 2.18. The molecule has 1 N–H and O–H groups in total. The molecule has 5 nitrogen and oxygen atoms in total. The summed E-state index contributed by atoms with van der Waals surface area (Å²) in [4.78, 5) is 16.5. The summed E-state index contributed by atoms with van der Waals surface area (Å²) < 4.78 is 7.72. The lowest BCUT2D eigenvalue weighted by Gasteiger charge is -2.24. The van der Waals surface area contributed by atoms with Crippen molar-refractivity contribution in [1.82, 2.24) is 14.9 Å². The SMILES string of the molecule is Cc1cn2c(n1)CC[C@H](NC(=O)CC[C@@H]1CCCO1)C2. The van der Waals surface area contributed by atoms with E-state index in [1.807, 2.05) is 6.92 Å². The fraction of sp³-hybridized carbons (Fsp3) is 0.733. The number of carbonyl (C=O) groups excluding carboxylic acids is 1. The number of hydrogen-bond donors (Lipinski definition) is 1. The van der Waals surface area contributed by atoms with Gasteiger partial charge in [0.25, 0.3) is 0 Å². The van der Waals surface area contributed by atoms with Gasteiger partial charge in [-0.15, -0.1) is 0 Å². The number of nitrogens with one attached hydrogen (secondary N) is 1. The third-order valence-electron chi connectivity index (χ3n) is 4.20. The molecule has 2 aliphatic heterocycles. The van der Waals surface area contributed by atoms with Crippen molar-refractivity contribution in [2.24, 2.45) is 0 Å². The van der Waals surface area contributed by atoms with E-state index in [1.54, 1.807) is 0 Å². The van der Waals surface area contributed by atoms with Gasteiger partial charge in [-0.1, -0.05) is 0 Å². The van der Waals surface area contributed by atoms with Crippen LogP contribution in [0.15, 0.2) is 6.20 Å². The second-order valence-electron chi connectivity index (χ2n) is 5.93. The molecule has 20 heavy (non-hydrogen) atoms. The minimum Gasteiger partial charge on any atom is -0.378 e. The zero-order valence-electron chi connectivity index (χ0n) is 12.1. The van der Waals surface area contributed by atoms with Gasteiger partial charge in [0.15, 0.2) is 0 Å². The van der Waals surface area contributed by atoms with E-state index in [0.29, 0.717) is 12.5 Å². The molecule has 3 rings (SSSR count). The Bertz CT molecular complexity index is 477. The second kappa shape index (κ2) is 5.95. The normalized spacial score (nSPS) is 25.4. The van der Waals surface area contributed by atoms with E-state index in [-0.39, 0.29) is 11.9 Å². The summed E-state index contributed by atoms with van der Waals surface area (Å²) in [6.07, 6.45) is 7.99. The van der Waals surface area contributed by atoms with Crippen LogP contribution in [0.4, 0.5) is 0 Å². The van der Waals surface area contributed by atoms with E-state index in [4.69, 9.17) is 4.74 Å². The number of fused-ring (bicyclic) bond motifs is 1. The lowest BCUT2D eigenvalue weighted by Crippen LogP contribution is -2.41. The van der Waals surface area contributed by atoms with Gasteiger partial charge in [0, 0.05) is 38.2 Å². The molecule has 1 amide bonds. The lowest BCUT2D eigenvalue weighted by molar-refractivity contribution is -0.122. The van der Waals surface area contributed by atoms with Crippen LogP contribution in [0.1, 0.15) is 43.6 Å². The van der Waals surface area contributed by atoms with E-state index in [2.05, 4.69) is 21.1 Å².